The van der Waals surface area contributed by atoms with Crippen molar-refractivity contribution in [2.24, 2.45) is 0 Å². The quantitative estimate of drug-likeness (QED) is 0.524. The highest BCUT2D eigenvalue weighted by Gasteiger charge is 2.38. The molecule has 1 heterocycles. The van der Waals surface area contributed by atoms with Crippen molar-refractivity contribution in [1.29, 1.82) is 0 Å². The Labute approximate surface area is 155 Å². The van der Waals surface area contributed by atoms with Crippen LogP contribution in [0, 0.1) is 10.1 Å². The fourth-order valence-corrected chi connectivity index (χ4v) is 3.51. The summed E-state index contributed by atoms with van der Waals surface area (Å²) in [5, 5.41) is 14.9. The van der Waals surface area contributed by atoms with Crippen molar-refractivity contribution >= 4 is 17.3 Å². The molecule has 0 saturated heterocycles. The first-order valence-electron chi connectivity index (χ1n) is 8.54. The molecular formula is C20H16N4O3. The molecule has 27 heavy (non-hydrogen) atoms. The van der Waals surface area contributed by atoms with E-state index in [0.29, 0.717) is 6.42 Å². The van der Waals surface area contributed by atoms with Crippen LogP contribution >= 0.6 is 0 Å². The third kappa shape index (κ3) is 3.27. The number of benzene rings is 2. The molecular weight excluding hydrogens is 344 g/mol. The minimum Gasteiger partial charge on any atom is -0.390 e. The molecule has 7 heteroatoms. The van der Waals surface area contributed by atoms with E-state index in [9.17, 15) is 14.9 Å². The number of carbonyl (C=O) groups is 1. The van der Waals surface area contributed by atoms with Crippen LogP contribution in [-0.4, -0.2) is 25.5 Å². The number of rotatable bonds is 4. The zero-order chi connectivity index (χ0) is 18.8. The Morgan fingerprint density at radius 3 is 2.33 bits per heavy atom. The van der Waals surface area contributed by atoms with E-state index < -0.39 is 16.9 Å². The maximum atomic E-state index is 13.0. The van der Waals surface area contributed by atoms with Crippen LogP contribution in [-0.2, 0) is 4.79 Å². The first-order chi connectivity index (χ1) is 13.1. The average molecular weight is 360 g/mol. The number of hydrogen-bond donors (Lipinski definition) is 0. The van der Waals surface area contributed by atoms with Crippen LogP contribution < -0.4 is 0 Å². The standard InChI is InChI=1S/C20H16N4O3/c25-18-12-16(14-7-3-1-4-8-14)11-17(15-9-5-2-6-10-15)19(18)23-13-21-20(22-23)24(26)27/h1-10,12-13,17,19H,11H2. The van der Waals surface area contributed by atoms with Gasteiger partial charge in [-0.15, -0.1) is 0 Å². The number of hydrogen-bond acceptors (Lipinski definition) is 5. The highest BCUT2D eigenvalue weighted by molar-refractivity contribution is 6.02. The molecule has 3 aromatic rings. The largest absolute Gasteiger partial charge is 0.490 e. The van der Waals surface area contributed by atoms with E-state index in [1.54, 1.807) is 6.08 Å². The SMILES string of the molecule is O=C1C=C(c2ccccc2)CC(c2ccccc2)C1n1cnc([N+](=O)[O-])n1. The van der Waals surface area contributed by atoms with Crippen molar-refractivity contribution < 1.29 is 9.72 Å². The van der Waals surface area contributed by atoms with Crippen molar-refractivity contribution in [3.05, 3.63) is 94.3 Å². The summed E-state index contributed by atoms with van der Waals surface area (Å²) in [5.74, 6) is -0.846. The lowest BCUT2D eigenvalue weighted by molar-refractivity contribution is -0.394. The smallest absolute Gasteiger partial charge is 0.390 e. The molecule has 2 aromatic carbocycles. The molecule has 2 atom stereocenters. The number of nitro groups is 1. The van der Waals surface area contributed by atoms with Crippen molar-refractivity contribution in [3.63, 3.8) is 0 Å². The zero-order valence-electron chi connectivity index (χ0n) is 14.3. The number of nitrogens with zero attached hydrogens (tertiary/aromatic N) is 4. The Morgan fingerprint density at radius 1 is 1.04 bits per heavy atom. The van der Waals surface area contributed by atoms with Crippen LogP contribution in [0.25, 0.3) is 5.57 Å². The highest BCUT2D eigenvalue weighted by Crippen LogP contribution is 2.41. The third-order valence-corrected chi connectivity index (χ3v) is 4.75. The van der Waals surface area contributed by atoms with Crippen LogP contribution in [0.5, 0.6) is 0 Å². The normalized spacial score (nSPS) is 19.6. The van der Waals surface area contributed by atoms with Crippen LogP contribution in [0.15, 0.2) is 73.1 Å². The number of allylic oxidation sites excluding steroid dienone is 2. The monoisotopic (exact) mass is 360 g/mol. The van der Waals surface area contributed by atoms with Gasteiger partial charge in [0.15, 0.2) is 5.78 Å². The fraction of sp³-hybridized carbons (Fsp3) is 0.150. The summed E-state index contributed by atoms with van der Waals surface area (Å²) < 4.78 is 1.32. The summed E-state index contributed by atoms with van der Waals surface area (Å²) in [4.78, 5) is 27.0. The van der Waals surface area contributed by atoms with Crippen molar-refractivity contribution in [2.75, 3.05) is 0 Å². The van der Waals surface area contributed by atoms with Gasteiger partial charge in [0.1, 0.15) is 6.04 Å². The Kier molecular flexibility index (Phi) is 4.33. The zero-order valence-corrected chi connectivity index (χ0v) is 14.3. The van der Waals surface area contributed by atoms with Crippen molar-refractivity contribution in [3.8, 4) is 0 Å². The minimum absolute atomic E-state index is 0.145. The predicted octanol–water partition coefficient (Wildman–Crippen LogP) is 3.57. The highest BCUT2D eigenvalue weighted by atomic mass is 16.6. The lowest BCUT2D eigenvalue weighted by atomic mass is 9.77. The molecule has 134 valence electrons. The van der Waals surface area contributed by atoms with Gasteiger partial charge < -0.3 is 10.1 Å². The summed E-state index contributed by atoms with van der Waals surface area (Å²) in [6, 6.07) is 18.8. The second kappa shape index (κ2) is 6.95. The molecule has 2 unspecified atom stereocenters. The molecule has 7 nitrogen and oxygen atoms in total. The second-order valence-electron chi connectivity index (χ2n) is 6.39. The predicted molar refractivity (Wildman–Crippen MR) is 98.9 cm³/mol. The van der Waals surface area contributed by atoms with Crippen molar-refractivity contribution in [2.45, 2.75) is 18.4 Å². The van der Waals surface area contributed by atoms with Gasteiger partial charge in [0.25, 0.3) is 0 Å². The molecule has 0 radical (unpaired) electrons. The maximum absolute atomic E-state index is 13.0. The molecule has 0 aliphatic heterocycles. The molecule has 1 aliphatic carbocycles. The molecule has 0 fully saturated rings. The molecule has 1 aromatic heterocycles. The van der Waals surface area contributed by atoms with E-state index in [1.165, 1.54) is 11.0 Å². The van der Waals surface area contributed by atoms with Gasteiger partial charge in [-0.2, -0.15) is 4.68 Å². The van der Waals surface area contributed by atoms with E-state index in [2.05, 4.69) is 10.1 Å². The summed E-state index contributed by atoms with van der Waals surface area (Å²) in [6.07, 6.45) is 3.50. The lowest BCUT2D eigenvalue weighted by Gasteiger charge is -2.29. The van der Waals surface area contributed by atoms with Gasteiger partial charge in [0, 0.05) is 11.0 Å². The molecule has 1 aliphatic rings. The van der Waals surface area contributed by atoms with E-state index in [1.807, 2.05) is 60.7 Å². The van der Waals surface area contributed by atoms with Crippen molar-refractivity contribution in [1.82, 2.24) is 14.8 Å². The van der Waals surface area contributed by atoms with Crippen LogP contribution in [0.4, 0.5) is 5.95 Å². The third-order valence-electron chi connectivity index (χ3n) is 4.75. The second-order valence-corrected chi connectivity index (χ2v) is 6.39. The Balaban J connectivity index is 1.79. The molecule has 0 spiro atoms. The van der Waals surface area contributed by atoms with Gasteiger partial charge in [-0.05, 0) is 34.1 Å². The summed E-state index contributed by atoms with van der Waals surface area (Å²) in [6.45, 7) is 0. The summed E-state index contributed by atoms with van der Waals surface area (Å²) in [7, 11) is 0. The molecule has 0 N–H and O–H groups in total. The summed E-state index contributed by atoms with van der Waals surface area (Å²) in [5.41, 5.74) is 2.92. The van der Waals surface area contributed by atoms with Crippen LogP contribution in [0.1, 0.15) is 29.5 Å². The number of ketones is 1. The van der Waals surface area contributed by atoms with E-state index in [0.717, 1.165) is 16.7 Å². The molecule has 0 bridgehead atoms. The summed E-state index contributed by atoms with van der Waals surface area (Å²) >= 11 is 0. The maximum Gasteiger partial charge on any atom is 0.490 e. The fourth-order valence-electron chi connectivity index (χ4n) is 3.51. The number of aromatic nitrogens is 3. The first kappa shape index (κ1) is 16.8. The Morgan fingerprint density at radius 2 is 1.70 bits per heavy atom. The van der Waals surface area contributed by atoms with Gasteiger partial charge in [0.05, 0.1) is 0 Å². The Bertz CT molecular complexity index is 1010. The first-order valence-corrected chi connectivity index (χ1v) is 8.54. The topological polar surface area (TPSA) is 90.9 Å². The van der Waals surface area contributed by atoms with E-state index >= 15 is 0 Å². The number of carbonyl (C=O) groups excluding carboxylic acids is 1. The van der Waals surface area contributed by atoms with Gasteiger partial charge in [-0.25, -0.2) is 0 Å². The lowest BCUT2D eigenvalue weighted by Crippen LogP contribution is -2.29. The Hall–Kier alpha value is -3.61. The van der Waals surface area contributed by atoms with E-state index in [-0.39, 0.29) is 11.7 Å². The molecule has 0 saturated carbocycles. The van der Waals surface area contributed by atoms with Crippen LogP contribution in [0.3, 0.4) is 0 Å². The molecule has 0 amide bonds. The van der Waals surface area contributed by atoms with Gasteiger partial charge in [0.2, 0.25) is 6.33 Å². The van der Waals surface area contributed by atoms with Gasteiger partial charge in [-0.1, -0.05) is 65.6 Å². The van der Waals surface area contributed by atoms with Gasteiger partial charge >= 0.3 is 5.95 Å². The minimum atomic E-state index is -0.666. The average Bonchev–Trinajstić information content (AvgIpc) is 3.19. The van der Waals surface area contributed by atoms with Crippen LogP contribution in [0.2, 0.25) is 0 Å². The van der Waals surface area contributed by atoms with E-state index in [4.69, 9.17) is 0 Å². The molecule has 4 rings (SSSR count). The van der Waals surface area contributed by atoms with Gasteiger partial charge in [-0.3, -0.25) is 4.79 Å².